The van der Waals surface area contributed by atoms with Crippen LogP contribution in [0.4, 0.5) is 4.79 Å². The molecule has 26 heavy (non-hydrogen) atoms. The van der Waals surface area contributed by atoms with Crippen molar-refractivity contribution in [3.63, 3.8) is 0 Å². The molecule has 0 spiro atoms. The van der Waals surface area contributed by atoms with Crippen molar-refractivity contribution < 1.29 is 9.53 Å². The van der Waals surface area contributed by atoms with E-state index in [-0.39, 0.29) is 6.09 Å². The molecule has 2 aromatic carbocycles. The zero-order valence-corrected chi connectivity index (χ0v) is 15.2. The average molecular weight is 349 g/mol. The average Bonchev–Trinajstić information content (AvgIpc) is 2.72. The normalized spacial score (nSPS) is 25.4. The van der Waals surface area contributed by atoms with E-state index in [0.717, 1.165) is 24.9 Å². The van der Waals surface area contributed by atoms with Crippen LogP contribution in [0.2, 0.25) is 0 Å². The number of fused-ring (bicyclic) bond motifs is 1. The molecular formula is C23H27NO2. The van der Waals surface area contributed by atoms with Gasteiger partial charge in [0, 0.05) is 12.6 Å². The molecule has 1 aliphatic carbocycles. The van der Waals surface area contributed by atoms with Gasteiger partial charge in [0.25, 0.3) is 0 Å². The lowest BCUT2D eigenvalue weighted by atomic mass is 9.69. The molecule has 0 aromatic heterocycles. The molecule has 3 nitrogen and oxygen atoms in total. The number of amides is 1. The van der Waals surface area contributed by atoms with E-state index in [0.29, 0.717) is 24.5 Å². The predicted molar refractivity (Wildman–Crippen MR) is 103 cm³/mol. The van der Waals surface area contributed by atoms with Gasteiger partial charge in [-0.05, 0) is 42.2 Å². The fraction of sp³-hybridized carbons (Fsp3) is 0.435. The van der Waals surface area contributed by atoms with Crippen LogP contribution in [0.5, 0.6) is 0 Å². The van der Waals surface area contributed by atoms with Gasteiger partial charge in [0.1, 0.15) is 6.61 Å². The standard InChI is InChI=1S/C23H27NO2/c25-23(26-17-18-9-3-1-4-10-18)24-16-15-20(19-11-5-2-6-12-19)21-13-7-8-14-22(21)24/h1-6,9-12,20-22H,7-8,13-17H2. The zero-order valence-electron chi connectivity index (χ0n) is 15.2. The van der Waals surface area contributed by atoms with E-state index < -0.39 is 0 Å². The van der Waals surface area contributed by atoms with Crippen molar-refractivity contribution in [2.24, 2.45) is 5.92 Å². The molecule has 1 heterocycles. The largest absolute Gasteiger partial charge is 0.445 e. The highest BCUT2D eigenvalue weighted by Crippen LogP contribution is 2.44. The summed E-state index contributed by atoms with van der Waals surface area (Å²) in [5, 5.41) is 0. The van der Waals surface area contributed by atoms with Crippen molar-refractivity contribution in [2.75, 3.05) is 6.54 Å². The maximum Gasteiger partial charge on any atom is 0.410 e. The molecule has 3 atom stereocenters. The number of hydrogen-bond donors (Lipinski definition) is 0. The molecule has 3 heteroatoms. The monoisotopic (exact) mass is 349 g/mol. The Kier molecular flexibility index (Phi) is 5.24. The van der Waals surface area contributed by atoms with E-state index in [1.165, 1.54) is 24.8 Å². The van der Waals surface area contributed by atoms with Gasteiger partial charge in [-0.2, -0.15) is 0 Å². The quantitative estimate of drug-likeness (QED) is 0.745. The molecule has 3 unspecified atom stereocenters. The molecule has 1 saturated heterocycles. The van der Waals surface area contributed by atoms with Crippen LogP contribution in [0, 0.1) is 5.92 Å². The number of rotatable bonds is 3. The van der Waals surface area contributed by atoms with Crippen LogP contribution >= 0.6 is 0 Å². The van der Waals surface area contributed by atoms with Crippen LogP contribution in [0.1, 0.15) is 49.1 Å². The van der Waals surface area contributed by atoms with Crippen LogP contribution in [0.25, 0.3) is 0 Å². The lowest BCUT2D eigenvalue weighted by molar-refractivity contribution is 0.0250. The Morgan fingerprint density at radius 1 is 0.923 bits per heavy atom. The summed E-state index contributed by atoms with van der Waals surface area (Å²) in [7, 11) is 0. The summed E-state index contributed by atoms with van der Waals surface area (Å²) in [4.78, 5) is 14.8. The molecule has 1 amide bonds. The van der Waals surface area contributed by atoms with Gasteiger partial charge in [-0.15, -0.1) is 0 Å². The number of piperidine rings is 1. The lowest BCUT2D eigenvalue weighted by Gasteiger charge is -2.47. The zero-order chi connectivity index (χ0) is 17.8. The van der Waals surface area contributed by atoms with Crippen LogP contribution < -0.4 is 0 Å². The minimum Gasteiger partial charge on any atom is -0.445 e. The third-order valence-corrected chi connectivity index (χ3v) is 6.05. The van der Waals surface area contributed by atoms with E-state index in [1.807, 2.05) is 35.2 Å². The first kappa shape index (κ1) is 17.1. The van der Waals surface area contributed by atoms with E-state index in [4.69, 9.17) is 4.74 Å². The third-order valence-electron chi connectivity index (χ3n) is 6.05. The van der Waals surface area contributed by atoms with Gasteiger partial charge in [-0.3, -0.25) is 0 Å². The fourth-order valence-corrected chi connectivity index (χ4v) is 4.80. The lowest BCUT2D eigenvalue weighted by Crippen LogP contribution is -2.52. The summed E-state index contributed by atoms with van der Waals surface area (Å²) in [6.07, 6.45) is 5.70. The smallest absolute Gasteiger partial charge is 0.410 e. The molecule has 2 fully saturated rings. The van der Waals surface area contributed by atoms with Crippen LogP contribution in [-0.2, 0) is 11.3 Å². The maximum atomic E-state index is 12.8. The Labute approximate surface area is 156 Å². The van der Waals surface area contributed by atoms with Crippen LogP contribution in [0.3, 0.4) is 0 Å². The molecule has 136 valence electrons. The Morgan fingerprint density at radius 3 is 2.38 bits per heavy atom. The number of likely N-dealkylation sites (tertiary alicyclic amines) is 1. The Balaban J connectivity index is 1.45. The highest BCUT2D eigenvalue weighted by molar-refractivity contribution is 5.68. The number of carbonyl (C=O) groups excluding carboxylic acids is 1. The number of hydrogen-bond acceptors (Lipinski definition) is 2. The van der Waals surface area contributed by atoms with E-state index in [2.05, 4.69) is 30.3 Å². The van der Waals surface area contributed by atoms with Crippen LogP contribution in [-0.4, -0.2) is 23.6 Å². The van der Waals surface area contributed by atoms with Crippen LogP contribution in [0.15, 0.2) is 60.7 Å². The molecule has 0 N–H and O–H groups in total. The summed E-state index contributed by atoms with van der Waals surface area (Å²) in [5.41, 5.74) is 2.47. The van der Waals surface area contributed by atoms with Gasteiger partial charge in [0.05, 0.1) is 0 Å². The molecule has 0 radical (unpaired) electrons. The number of benzene rings is 2. The van der Waals surface area contributed by atoms with Gasteiger partial charge in [0.2, 0.25) is 0 Å². The second kappa shape index (κ2) is 7.94. The topological polar surface area (TPSA) is 29.5 Å². The maximum absolute atomic E-state index is 12.8. The summed E-state index contributed by atoms with van der Waals surface area (Å²) in [6, 6.07) is 21.1. The molecule has 1 aliphatic heterocycles. The molecule has 2 aromatic rings. The second-order valence-corrected chi connectivity index (χ2v) is 7.56. The minimum atomic E-state index is -0.141. The van der Waals surface area contributed by atoms with Gasteiger partial charge >= 0.3 is 6.09 Å². The summed E-state index contributed by atoms with van der Waals surface area (Å²) in [6.45, 7) is 1.16. The van der Waals surface area contributed by atoms with Gasteiger partial charge in [0.15, 0.2) is 0 Å². The summed E-state index contributed by atoms with van der Waals surface area (Å²) < 4.78 is 5.64. The Morgan fingerprint density at radius 2 is 1.62 bits per heavy atom. The Hall–Kier alpha value is -2.29. The highest BCUT2D eigenvalue weighted by atomic mass is 16.6. The summed E-state index contributed by atoms with van der Waals surface area (Å²) in [5.74, 6) is 1.13. The summed E-state index contributed by atoms with van der Waals surface area (Å²) >= 11 is 0. The van der Waals surface area contributed by atoms with Gasteiger partial charge in [-0.1, -0.05) is 73.5 Å². The molecule has 2 aliphatic rings. The predicted octanol–water partition coefficient (Wildman–Crippen LogP) is 5.37. The van der Waals surface area contributed by atoms with E-state index >= 15 is 0 Å². The van der Waals surface area contributed by atoms with Crippen molar-refractivity contribution in [3.05, 3.63) is 71.8 Å². The highest BCUT2D eigenvalue weighted by Gasteiger charge is 2.42. The third kappa shape index (κ3) is 3.62. The number of nitrogens with zero attached hydrogens (tertiary/aromatic N) is 1. The number of ether oxygens (including phenoxy) is 1. The second-order valence-electron chi connectivity index (χ2n) is 7.56. The van der Waals surface area contributed by atoms with Gasteiger partial charge < -0.3 is 9.64 Å². The Bertz CT molecular complexity index is 716. The molecule has 1 saturated carbocycles. The van der Waals surface area contributed by atoms with Gasteiger partial charge in [-0.25, -0.2) is 4.79 Å². The molecule has 0 bridgehead atoms. The minimum absolute atomic E-state index is 0.141. The van der Waals surface area contributed by atoms with Crippen molar-refractivity contribution in [1.82, 2.24) is 4.90 Å². The van der Waals surface area contributed by atoms with Crippen molar-refractivity contribution in [2.45, 2.75) is 50.7 Å². The van der Waals surface area contributed by atoms with Crippen molar-refractivity contribution in [1.29, 1.82) is 0 Å². The first-order chi connectivity index (χ1) is 12.8. The molecule has 4 rings (SSSR count). The SMILES string of the molecule is O=C(OCc1ccccc1)N1CCC(c2ccccc2)C2CCCCC21. The van der Waals surface area contributed by atoms with E-state index in [1.54, 1.807) is 0 Å². The molecular weight excluding hydrogens is 322 g/mol. The fourth-order valence-electron chi connectivity index (χ4n) is 4.80. The van der Waals surface area contributed by atoms with Crippen molar-refractivity contribution in [3.8, 4) is 0 Å². The van der Waals surface area contributed by atoms with E-state index in [9.17, 15) is 4.79 Å². The first-order valence-corrected chi connectivity index (χ1v) is 9.85. The first-order valence-electron chi connectivity index (χ1n) is 9.85. The number of carbonyl (C=O) groups is 1. The van der Waals surface area contributed by atoms with Crippen molar-refractivity contribution >= 4 is 6.09 Å².